The number of fused-ring (bicyclic) bond motifs is 6. The Bertz CT molecular complexity index is 4870. The van der Waals surface area contributed by atoms with E-state index in [2.05, 4.69) is 4.98 Å². The molecule has 3 heterocycles. The minimum Gasteiger partial charge on any atom is -0.208 e. The van der Waals surface area contributed by atoms with E-state index < -0.39 is 0 Å². The van der Waals surface area contributed by atoms with Crippen LogP contribution in [-0.2, 0) is 0 Å². The van der Waals surface area contributed by atoms with Gasteiger partial charge in [-0.3, -0.25) is 0 Å². The Hall–Kier alpha value is -4.78. The molecule has 0 aliphatic rings. The van der Waals surface area contributed by atoms with Crippen molar-refractivity contribution in [1.29, 1.82) is 0 Å². The van der Waals surface area contributed by atoms with Crippen molar-refractivity contribution >= 4 is 476 Å². The largest absolute Gasteiger partial charge is 0.208 e. The molecule has 0 amide bonds. The predicted octanol–water partition coefficient (Wildman–Crippen LogP) is -22.8. The van der Waals surface area contributed by atoms with Crippen molar-refractivity contribution in [2.24, 2.45) is 0 Å². The molecule has 11 aromatic rings. The summed E-state index contributed by atoms with van der Waals surface area (Å²) in [6.45, 7) is 0. The molecule has 3 nitrogen and oxygen atoms in total. The van der Waals surface area contributed by atoms with Crippen LogP contribution in [0, 0.1) is 0 Å². The lowest BCUT2D eigenvalue weighted by molar-refractivity contribution is 1.08. The minimum atomic E-state index is -0.256. The molecular weight excluding hydrogens is 1050 g/mol. The Morgan fingerprint density at radius 1 is 0.138 bits per heavy atom. The molecule has 3 aromatic heterocycles. The fourth-order valence-corrected chi connectivity index (χ4v) is 13.8. The SMILES string of the molecule is [B]c1c([B])c([B])c(-c2nc(-c3c([B])c([B])c([B])c([B])c3[B])nc(-c3c([B])c([B])c4c(sc5c([B])c([B])c(-c6c([B])c(-c7c([B])c([B])c(-c8c([B])c([B])c([B])c([B])c8[B])c([B])c7[B])c([B])c7c6sc6c([B])c([B])c([B])c([B])c67)c([B])c54)c3[B])n2)c([B])c1[B]. The van der Waals surface area contributed by atoms with Crippen molar-refractivity contribution in [1.82, 2.24) is 15.0 Å². The maximum Gasteiger partial charge on any atom is 0.162 e. The fraction of sp³-hybridized carbons (Fsp3) is 0. The van der Waals surface area contributed by atoms with Crippen molar-refractivity contribution in [3.05, 3.63) is 0 Å². The molecule has 0 atom stereocenters. The standard InChI is InChI=1S/C51B31N3S2/c52-14-1(2-17(55)19(57)3(20(58)18(2)56)4-21(59)32(70)39(77)33(71)22(4)60)15(53)7-9-25(63)34(72)42(80)44(82)48(9)86-45(7)6(14)5-16(54)8-10-24(62)26(64)13(31(69)46(10)87-47(8)43(81)23(5)61)51-84-49(11-27(65)35(73)40(78)36(74)28(11)66)83-50(85-51)12-29(67)37(75)41(79)38(76)30(12)68. The summed E-state index contributed by atoms with van der Waals surface area (Å²) in [7, 11) is 208. The van der Waals surface area contributed by atoms with E-state index in [9.17, 15) is 0 Å². The molecule has 36 heteroatoms. The van der Waals surface area contributed by atoms with Crippen LogP contribution in [0.25, 0.3) is 108 Å². The van der Waals surface area contributed by atoms with Gasteiger partial charge in [0.25, 0.3) is 0 Å². The molecule has 11 rings (SSSR count). The maximum absolute atomic E-state index is 7.47. The van der Waals surface area contributed by atoms with Crippen LogP contribution in [0.3, 0.4) is 0 Å². The van der Waals surface area contributed by atoms with Crippen LogP contribution in [0.5, 0.6) is 0 Å². The first-order valence-corrected chi connectivity index (χ1v) is 26.7. The first kappa shape index (κ1) is 63.8. The first-order valence-electron chi connectivity index (χ1n) is 25.1. The van der Waals surface area contributed by atoms with Crippen LogP contribution in [-0.4, -0.2) is 258 Å². The van der Waals surface area contributed by atoms with E-state index in [4.69, 9.17) is 253 Å². The van der Waals surface area contributed by atoms with Gasteiger partial charge in [0, 0.05) is 35.5 Å². The Morgan fingerprint density at radius 3 is 0.690 bits per heavy atom. The molecular formula is C51B31N3S2. The van der Waals surface area contributed by atoms with E-state index >= 15 is 0 Å². The van der Waals surface area contributed by atoms with E-state index in [1.165, 1.54) is 0 Å². The maximum atomic E-state index is 7.47. The minimum absolute atomic E-state index is 0.00586. The number of benzene rings is 8. The van der Waals surface area contributed by atoms with Crippen molar-refractivity contribution in [2.45, 2.75) is 0 Å². The highest BCUT2D eigenvalue weighted by Crippen LogP contribution is 2.40. The lowest BCUT2D eigenvalue weighted by atomic mass is 9.55. The fourth-order valence-electron chi connectivity index (χ4n) is 11.2. The number of rotatable bonds is 6. The molecule has 0 unspecified atom stereocenters. The Morgan fingerprint density at radius 2 is 0.322 bits per heavy atom. The van der Waals surface area contributed by atoms with E-state index in [0.717, 1.165) is 22.7 Å². The molecule has 0 bridgehead atoms. The zero-order chi connectivity index (χ0) is 64.0. The van der Waals surface area contributed by atoms with Gasteiger partial charge in [-0.15, -0.1) is 82.8 Å². The van der Waals surface area contributed by atoms with Gasteiger partial charge in [-0.1, -0.05) is 109 Å². The molecule has 8 aromatic carbocycles. The molecule has 0 saturated heterocycles. The zero-order valence-corrected chi connectivity index (χ0v) is 47.2. The number of aromatic nitrogens is 3. The van der Waals surface area contributed by atoms with Gasteiger partial charge < -0.3 is 0 Å². The first-order chi connectivity index (χ1) is 40.6. The second kappa shape index (κ2) is 22.3. The summed E-state index contributed by atoms with van der Waals surface area (Å²) in [5.74, 6) is -0.767. The van der Waals surface area contributed by atoms with Crippen LogP contribution in [0.2, 0.25) is 0 Å². The summed E-state index contributed by atoms with van der Waals surface area (Å²) in [5, 5.41) is 0.849. The summed E-state index contributed by atoms with van der Waals surface area (Å²) in [6.07, 6.45) is 0. The second-order valence-electron chi connectivity index (χ2n) is 20.5. The van der Waals surface area contributed by atoms with Gasteiger partial charge >= 0.3 is 0 Å². The molecule has 0 fully saturated rings. The van der Waals surface area contributed by atoms with Crippen molar-refractivity contribution in [3.8, 4) is 67.5 Å². The van der Waals surface area contributed by atoms with Gasteiger partial charge in [-0.25, -0.2) is 15.0 Å². The van der Waals surface area contributed by atoms with Crippen molar-refractivity contribution in [2.75, 3.05) is 0 Å². The molecule has 87 heavy (non-hydrogen) atoms. The summed E-state index contributed by atoms with van der Waals surface area (Å²) < 4.78 is 1.14. The van der Waals surface area contributed by atoms with E-state index in [0.29, 0.717) is 9.40 Å². The second-order valence-corrected chi connectivity index (χ2v) is 22.6. The smallest absolute Gasteiger partial charge is 0.162 e. The van der Waals surface area contributed by atoms with Crippen LogP contribution in [0.1, 0.15) is 0 Å². The van der Waals surface area contributed by atoms with E-state index in [-0.39, 0.29) is 268 Å². The lowest BCUT2D eigenvalue weighted by Gasteiger charge is -2.30. The highest BCUT2D eigenvalue weighted by atomic mass is 32.1. The highest BCUT2D eigenvalue weighted by Gasteiger charge is 2.31. The highest BCUT2D eigenvalue weighted by molar-refractivity contribution is 7.29. The number of nitrogens with zero attached hydrogens (tertiary/aromatic N) is 3. The molecule has 0 spiro atoms. The summed E-state index contributed by atoms with van der Waals surface area (Å²) in [5.41, 5.74) is -4.00. The molecule has 0 N–H and O–H groups in total. The van der Waals surface area contributed by atoms with Crippen LogP contribution in [0.15, 0.2) is 0 Å². The van der Waals surface area contributed by atoms with E-state index in [1.807, 2.05) is 0 Å². The third kappa shape index (κ3) is 8.91. The average Bonchev–Trinajstić information content (AvgIpc) is 1.64. The Kier molecular flexibility index (Phi) is 16.3. The number of hydrogen-bond donors (Lipinski definition) is 0. The van der Waals surface area contributed by atoms with Crippen molar-refractivity contribution in [3.63, 3.8) is 0 Å². The average molecular weight is 1050 g/mol. The van der Waals surface area contributed by atoms with Crippen LogP contribution < -0.4 is 169 Å². The number of hydrogen-bond acceptors (Lipinski definition) is 5. The predicted molar refractivity (Wildman–Crippen MR) is 405 cm³/mol. The summed E-state index contributed by atoms with van der Waals surface area (Å²) >= 11 is 2.10. The molecule has 62 radical (unpaired) electrons. The third-order valence-electron chi connectivity index (χ3n) is 16.0. The topological polar surface area (TPSA) is 38.7 Å². The Labute approximate surface area is 553 Å². The van der Waals surface area contributed by atoms with Crippen molar-refractivity contribution < 1.29 is 0 Å². The summed E-state index contributed by atoms with van der Waals surface area (Å²) in [4.78, 5) is 14.2. The van der Waals surface area contributed by atoms with E-state index in [1.54, 1.807) is 0 Å². The van der Waals surface area contributed by atoms with Crippen LogP contribution >= 0.6 is 22.7 Å². The zero-order valence-electron chi connectivity index (χ0n) is 45.6. The van der Waals surface area contributed by atoms with Gasteiger partial charge in [0.15, 0.2) is 17.5 Å². The molecule has 324 valence electrons. The normalized spacial score (nSPS) is 11.7. The molecule has 0 saturated carbocycles. The van der Waals surface area contributed by atoms with Gasteiger partial charge in [-0.2, -0.15) is 0 Å². The van der Waals surface area contributed by atoms with Gasteiger partial charge in [0.2, 0.25) is 0 Å². The quantitative estimate of drug-likeness (QED) is 0.156. The third-order valence-corrected chi connectivity index (χ3v) is 18.5. The number of thiophene rings is 2. The summed E-state index contributed by atoms with van der Waals surface area (Å²) in [6, 6.07) is 0. The Balaban J connectivity index is 1.25. The van der Waals surface area contributed by atoms with Gasteiger partial charge in [0.1, 0.15) is 243 Å². The van der Waals surface area contributed by atoms with Gasteiger partial charge in [-0.05, 0) is 54.9 Å². The van der Waals surface area contributed by atoms with Gasteiger partial charge in [0.05, 0.1) is 0 Å². The molecule has 0 aliphatic carbocycles. The van der Waals surface area contributed by atoms with Crippen LogP contribution in [0.4, 0.5) is 0 Å². The monoisotopic (exact) mass is 1060 g/mol. The lowest BCUT2D eigenvalue weighted by Crippen LogP contribution is -2.57. The molecule has 0 aliphatic heterocycles.